The molecule has 316 valence electrons. The van der Waals surface area contributed by atoms with E-state index in [9.17, 15) is 0 Å². The van der Waals surface area contributed by atoms with Crippen molar-refractivity contribution in [3.05, 3.63) is 212 Å². The van der Waals surface area contributed by atoms with Gasteiger partial charge in [-0.2, -0.15) is 9.97 Å². The van der Waals surface area contributed by atoms with Crippen molar-refractivity contribution in [3.8, 4) is 45.5 Å². The minimum atomic E-state index is 0.514. The van der Waals surface area contributed by atoms with Crippen LogP contribution in [0.15, 0.2) is 221 Å². The molecule has 0 amide bonds. The van der Waals surface area contributed by atoms with Gasteiger partial charge in [-0.15, -0.1) is 0 Å². The lowest BCUT2D eigenvalue weighted by Gasteiger charge is -2.15. The predicted molar refractivity (Wildman–Crippen MR) is 277 cm³/mol. The van der Waals surface area contributed by atoms with Crippen molar-refractivity contribution in [2.24, 2.45) is 0 Å². The number of benzene rings is 10. The fraction of sp³-hybridized carbons (Fsp3) is 0. The average molecular weight is 870 g/mol. The molecule has 7 heteroatoms. The highest BCUT2D eigenvalue weighted by Crippen LogP contribution is 2.45. The van der Waals surface area contributed by atoms with Crippen LogP contribution in [0.25, 0.3) is 144 Å². The Balaban J connectivity index is 1.09. The summed E-state index contributed by atoms with van der Waals surface area (Å²) in [6, 6.07) is 74.5. The first-order chi connectivity index (χ1) is 33.7. The highest BCUT2D eigenvalue weighted by molar-refractivity contribution is 6.24. The summed E-state index contributed by atoms with van der Waals surface area (Å²) < 4.78 is 17.9. The van der Waals surface area contributed by atoms with E-state index in [1.165, 1.54) is 10.8 Å². The van der Waals surface area contributed by atoms with Crippen LogP contribution in [0.4, 0.5) is 0 Å². The lowest BCUT2D eigenvalue weighted by Crippen LogP contribution is -2.07. The highest BCUT2D eigenvalue weighted by Gasteiger charge is 2.26. The number of fused-ring (bicyclic) bond motifs is 14. The number of nitrogens with zero attached hydrogens (tertiary/aromatic N) is 5. The molecule has 0 fully saturated rings. The van der Waals surface area contributed by atoms with Crippen LogP contribution in [0.5, 0.6) is 0 Å². The summed E-state index contributed by atoms with van der Waals surface area (Å²) in [5.41, 5.74) is 12.3. The summed E-state index contributed by atoms with van der Waals surface area (Å²) >= 11 is 0. The van der Waals surface area contributed by atoms with Gasteiger partial charge in [-0.1, -0.05) is 158 Å². The number of rotatable bonds is 5. The molecule has 7 nitrogen and oxygen atoms in total. The van der Waals surface area contributed by atoms with Crippen molar-refractivity contribution < 1.29 is 8.83 Å². The summed E-state index contributed by atoms with van der Waals surface area (Å²) in [6.07, 6.45) is 0. The van der Waals surface area contributed by atoms with E-state index in [-0.39, 0.29) is 0 Å². The Morgan fingerprint density at radius 3 is 1.65 bits per heavy atom. The molecule has 0 spiro atoms. The van der Waals surface area contributed by atoms with Crippen molar-refractivity contribution in [2.75, 3.05) is 0 Å². The maximum Gasteiger partial charge on any atom is 0.238 e. The van der Waals surface area contributed by atoms with Gasteiger partial charge in [0, 0.05) is 54.2 Å². The maximum absolute atomic E-state index is 6.98. The van der Waals surface area contributed by atoms with E-state index in [1.807, 2.05) is 54.6 Å². The molecule has 0 saturated carbocycles. The molecule has 0 aliphatic rings. The molecule has 0 saturated heterocycles. The molecular formula is C61H35N5O2. The van der Waals surface area contributed by atoms with Crippen LogP contribution >= 0.6 is 0 Å². The third kappa shape index (κ3) is 5.32. The zero-order valence-corrected chi connectivity index (χ0v) is 36.3. The summed E-state index contributed by atoms with van der Waals surface area (Å²) in [5, 5.41) is 11.0. The molecule has 5 heterocycles. The molecule has 0 unspecified atom stereocenters. The molecule has 5 aromatic heterocycles. The summed E-state index contributed by atoms with van der Waals surface area (Å²) in [5.74, 6) is 1.65. The van der Waals surface area contributed by atoms with Gasteiger partial charge in [-0.3, -0.25) is 4.57 Å². The molecule has 68 heavy (non-hydrogen) atoms. The molecular weight excluding hydrogens is 835 g/mol. The molecule has 0 aliphatic carbocycles. The predicted octanol–water partition coefficient (Wildman–Crippen LogP) is 16.0. The minimum absolute atomic E-state index is 0.514. The molecule has 15 rings (SSSR count). The van der Waals surface area contributed by atoms with Crippen LogP contribution in [0.2, 0.25) is 0 Å². The Labute approximate surface area is 387 Å². The van der Waals surface area contributed by atoms with Crippen LogP contribution in [0, 0.1) is 0 Å². The Morgan fingerprint density at radius 1 is 0.324 bits per heavy atom. The monoisotopic (exact) mass is 869 g/mol. The van der Waals surface area contributed by atoms with Gasteiger partial charge in [0.2, 0.25) is 5.95 Å². The largest absolute Gasteiger partial charge is 0.456 e. The Morgan fingerprint density at radius 2 is 0.882 bits per heavy atom. The van der Waals surface area contributed by atoms with Gasteiger partial charge in [0.15, 0.2) is 17.2 Å². The first kappa shape index (κ1) is 36.9. The van der Waals surface area contributed by atoms with Crippen LogP contribution < -0.4 is 0 Å². The van der Waals surface area contributed by atoms with Gasteiger partial charge in [0.1, 0.15) is 16.7 Å². The van der Waals surface area contributed by atoms with Crippen molar-refractivity contribution in [1.29, 1.82) is 0 Å². The standard InChI is InChI=1S/C61H35N5O2/c1-2-16-37(17-3-1)59-62-60(38-29-32-55-48(33-38)44-22-8-12-27-53(44)67-55)64-61(63-59)66-51-26-11-7-21-43(51)47-31-30-46-42-20-6-10-25-50(42)65(56(46)57(47)66)52-35-39(41-24-14-18-36-15-4-5-19-40(36)41)34-49-45-23-9-13-28-54(45)68-58(49)52/h1-35H. The van der Waals surface area contributed by atoms with E-state index in [1.54, 1.807) is 0 Å². The van der Waals surface area contributed by atoms with Crippen LogP contribution in [-0.2, 0) is 0 Å². The number of furan rings is 2. The second-order valence-electron chi connectivity index (χ2n) is 17.5. The SMILES string of the molecule is c1ccc(-c2nc(-c3ccc4oc5ccccc5c4c3)nc(-n3c4ccccc4c4ccc5c6ccccc6n(-c6cc(-c7cccc8ccccc78)cc7c6oc6ccccc67)c5c43)n2)cc1. The minimum Gasteiger partial charge on any atom is -0.456 e. The zero-order chi connectivity index (χ0) is 44.5. The number of aromatic nitrogens is 5. The van der Waals surface area contributed by atoms with Gasteiger partial charge in [0.05, 0.1) is 27.8 Å². The van der Waals surface area contributed by atoms with Gasteiger partial charge < -0.3 is 13.4 Å². The third-order valence-corrected chi connectivity index (χ3v) is 13.8. The van der Waals surface area contributed by atoms with Crippen molar-refractivity contribution in [3.63, 3.8) is 0 Å². The summed E-state index contributed by atoms with van der Waals surface area (Å²) in [4.78, 5) is 16.1. The fourth-order valence-corrected chi connectivity index (χ4v) is 10.7. The quantitative estimate of drug-likeness (QED) is 0.172. The second kappa shape index (κ2) is 14.1. The Hall–Kier alpha value is -9.33. The summed E-state index contributed by atoms with van der Waals surface area (Å²) in [7, 11) is 0. The van der Waals surface area contributed by atoms with E-state index >= 15 is 0 Å². The van der Waals surface area contributed by atoms with E-state index in [0.717, 1.165) is 115 Å². The van der Waals surface area contributed by atoms with E-state index < -0.39 is 0 Å². The number of para-hydroxylation sites is 4. The maximum atomic E-state index is 6.98. The first-order valence-corrected chi connectivity index (χ1v) is 22.8. The molecule has 0 N–H and O–H groups in total. The molecule has 0 aliphatic heterocycles. The van der Waals surface area contributed by atoms with E-state index in [0.29, 0.717) is 17.6 Å². The van der Waals surface area contributed by atoms with Crippen molar-refractivity contribution in [2.45, 2.75) is 0 Å². The van der Waals surface area contributed by atoms with Crippen LogP contribution in [0.3, 0.4) is 0 Å². The molecule has 0 bridgehead atoms. The van der Waals surface area contributed by atoms with Crippen molar-refractivity contribution in [1.82, 2.24) is 24.1 Å². The second-order valence-corrected chi connectivity index (χ2v) is 17.5. The molecule has 0 radical (unpaired) electrons. The first-order valence-electron chi connectivity index (χ1n) is 22.8. The van der Waals surface area contributed by atoms with Gasteiger partial charge in [0.25, 0.3) is 0 Å². The lowest BCUT2D eigenvalue weighted by molar-refractivity contribution is 0.666. The van der Waals surface area contributed by atoms with Crippen molar-refractivity contribution >= 4 is 98.3 Å². The normalized spacial score (nSPS) is 12.1. The van der Waals surface area contributed by atoms with Gasteiger partial charge in [-0.25, -0.2) is 4.98 Å². The Bertz CT molecular complexity index is 4570. The Kier molecular flexibility index (Phi) is 7.65. The van der Waals surface area contributed by atoms with E-state index in [4.69, 9.17) is 23.8 Å². The average Bonchev–Trinajstić information content (AvgIpc) is 4.16. The number of hydrogen-bond donors (Lipinski definition) is 0. The summed E-state index contributed by atoms with van der Waals surface area (Å²) in [6.45, 7) is 0. The van der Waals surface area contributed by atoms with E-state index in [2.05, 4.69) is 167 Å². The smallest absolute Gasteiger partial charge is 0.238 e. The topological polar surface area (TPSA) is 74.8 Å². The fourth-order valence-electron chi connectivity index (χ4n) is 10.7. The lowest BCUT2D eigenvalue weighted by atomic mass is 9.96. The third-order valence-electron chi connectivity index (χ3n) is 13.8. The van der Waals surface area contributed by atoms with Gasteiger partial charge >= 0.3 is 0 Å². The molecule has 0 atom stereocenters. The molecule has 10 aromatic carbocycles. The highest BCUT2D eigenvalue weighted by atomic mass is 16.3. The van der Waals surface area contributed by atoms with Crippen LogP contribution in [0.1, 0.15) is 0 Å². The van der Waals surface area contributed by atoms with Gasteiger partial charge in [-0.05, 0) is 76.5 Å². The number of hydrogen-bond acceptors (Lipinski definition) is 5. The van der Waals surface area contributed by atoms with Crippen LogP contribution in [-0.4, -0.2) is 24.1 Å². The molecule has 15 aromatic rings. The zero-order valence-electron chi connectivity index (χ0n) is 36.3.